The number of rotatable bonds is 9. The Bertz CT molecular complexity index is 941. The van der Waals surface area contributed by atoms with Crippen LogP contribution in [0.3, 0.4) is 0 Å². The van der Waals surface area contributed by atoms with E-state index in [9.17, 15) is 18.4 Å². The summed E-state index contributed by atoms with van der Waals surface area (Å²) in [6.45, 7) is -0.317. The van der Waals surface area contributed by atoms with Gasteiger partial charge in [-0.15, -0.1) is 0 Å². The fourth-order valence-electron chi connectivity index (χ4n) is 2.89. The van der Waals surface area contributed by atoms with E-state index in [1.54, 1.807) is 6.07 Å². The molecule has 1 N–H and O–H groups in total. The van der Waals surface area contributed by atoms with Crippen LogP contribution in [0, 0.1) is 17.6 Å². The molecule has 1 aromatic heterocycles. The summed E-state index contributed by atoms with van der Waals surface area (Å²) < 4.78 is 35.9. The predicted molar refractivity (Wildman–Crippen MR) is 103 cm³/mol. The largest absolute Gasteiger partial charge is 0.395 e. The molecule has 1 saturated carbocycles. The van der Waals surface area contributed by atoms with E-state index in [0.29, 0.717) is 17.0 Å². The number of nitrogens with zero attached hydrogens (tertiary/aromatic N) is 1. The molecular formula is C20H20BrF2NO4. The van der Waals surface area contributed by atoms with Crippen molar-refractivity contribution in [3.63, 3.8) is 0 Å². The molecule has 0 radical (unpaired) electrons. The van der Waals surface area contributed by atoms with Crippen molar-refractivity contribution in [3.05, 3.63) is 67.5 Å². The van der Waals surface area contributed by atoms with Crippen molar-refractivity contribution in [2.24, 2.45) is 5.92 Å². The lowest BCUT2D eigenvalue weighted by molar-refractivity contribution is 0.0737. The highest BCUT2D eigenvalue weighted by Crippen LogP contribution is 2.29. The third-order valence-electron chi connectivity index (χ3n) is 4.63. The first-order valence-electron chi connectivity index (χ1n) is 8.98. The first kappa shape index (κ1) is 20.8. The van der Waals surface area contributed by atoms with Gasteiger partial charge in [-0.2, -0.15) is 0 Å². The average Bonchev–Trinajstić information content (AvgIpc) is 3.47. The molecule has 5 nitrogen and oxygen atoms in total. The normalized spacial score (nSPS) is 13.7. The molecule has 0 amide bonds. The van der Waals surface area contributed by atoms with E-state index < -0.39 is 23.0 Å². The standard InChI is InChI=1S/C20H20BrF2NO4/c21-14-4-3-13(17(22)8-14)7-15-16(18(26)11-28-10-12-1-2-12)9-24(5-6-25)20(27)19(15)23/h3-4,8-9,12,25H,1-2,5-7,10-11H2. The molecular weight excluding hydrogens is 436 g/mol. The van der Waals surface area contributed by atoms with Gasteiger partial charge in [0.05, 0.1) is 13.2 Å². The number of aliphatic hydroxyl groups is 1. The van der Waals surface area contributed by atoms with Crippen molar-refractivity contribution < 1.29 is 23.4 Å². The molecule has 150 valence electrons. The molecule has 28 heavy (non-hydrogen) atoms. The molecule has 1 aliphatic rings. The van der Waals surface area contributed by atoms with Gasteiger partial charge in [0.1, 0.15) is 12.4 Å². The maximum Gasteiger partial charge on any atom is 0.286 e. The number of aromatic nitrogens is 1. The molecule has 1 aromatic carbocycles. The molecule has 1 heterocycles. The number of halogens is 3. The van der Waals surface area contributed by atoms with Gasteiger partial charge in [0, 0.05) is 34.8 Å². The van der Waals surface area contributed by atoms with Crippen molar-refractivity contribution in [2.45, 2.75) is 25.8 Å². The van der Waals surface area contributed by atoms with Crippen molar-refractivity contribution in [1.82, 2.24) is 4.57 Å². The minimum Gasteiger partial charge on any atom is -0.395 e. The van der Waals surface area contributed by atoms with E-state index in [0.717, 1.165) is 17.4 Å². The van der Waals surface area contributed by atoms with Crippen LogP contribution in [-0.4, -0.2) is 35.3 Å². The number of pyridine rings is 1. The number of benzene rings is 1. The molecule has 8 heteroatoms. The summed E-state index contributed by atoms with van der Waals surface area (Å²) in [5.74, 6) is -1.72. The number of aliphatic hydroxyl groups excluding tert-OH is 1. The Morgan fingerprint density at radius 3 is 2.71 bits per heavy atom. The van der Waals surface area contributed by atoms with Crippen LogP contribution in [0.2, 0.25) is 0 Å². The Kier molecular flexibility index (Phi) is 6.74. The molecule has 2 aromatic rings. The molecule has 1 aliphatic carbocycles. The number of ketones is 1. The van der Waals surface area contributed by atoms with Crippen LogP contribution in [0.15, 0.2) is 33.7 Å². The van der Waals surface area contributed by atoms with Gasteiger partial charge in [-0.1, -0.05) is 22.0 Å². The highest BCUT2D eigenvalue weighted by Gasteiger charge is 2.24. The summed E-state index contributed by atoms with van der Waals surface area (Å²) in [7, 11) is 0. The van der Waals surface area contributed by atoms with Gasteiger partial charge < -0.3 is 14.4 Å². The number of carbonyl (C=O) groups is 1. The van der Waals surface area contributed by atoms with Crippen LogP contribution in [0.5, 0.6) is 0 Å². The zero-order valence-corrected chi connectivity index (χ0v) is 16.7. The highest BCUT2D eigenvalue weighted by atomic mass is 79.9. The highest BCUT2D eigenvalue weighted by molar-refractivity contribution is 9.10. The zero-order chi connectivity index (χ0) is 20.3. The topological polar surface area (TPSA) is 68.5 Å². The molecule has 0 atom stereocenters. The van der Waals surface area contributed by atoms with Crippen molar-refractivity contribution in [3.8, 4) is 0 Å². The van der Waals surface area contributed by atoms with Gasteiger partial charge in [0.2, 0.25) is 0 Å². The lowest BCUT2D eigenvalue weighted by Gasteiger charge is -2.14. The third-order valence-corrected chi connectivity index (χ3v) is 5.12. The molecule has 0 unspecified atom stereocenters. The Hall–Kier alpha value is -1.90. The van der Waals surface area contributed by atoms with Gasteiger partial charge in [-0.3, -0.25) is 9.59 Å². The van der Waals surface area contributed by atoms with Crippen molar-refractivity contribution in [1.29, 1.82) is 0 Å². The molecule has 3 rings (SSSR count). The Morgan fingerprint density at radius 1 is 1.32 bits per heavy atom. The van der Waals surface area contributed by atoms with E-state index in [-0.39, 0.29) is 42.9 Å². The van der Waals surface area contributed by atoms with E-state index in [2.05, 4.69) is 15.9 Å². The third kappa shape index (κ3) is 4.92. The number of ether oxygens (including phenoxy) is 1. The zero-order valence-electron chi connectivity index (χ0n) is 15.1. The first-order chi connectivity index (χ1) is 13.4. The van der Waals surface area contributed by atoms with Crippen LogP contribution in [0.25, 0.3) is 0 Å². The minimum absolute atomic E-state index is 0.0383. The van der Waals surface area contributed by atoms with Crippen LogP contribution < -0.4 is 5.56 Å². The maximum absolute atomic E-state index is 14.8. The Labute approximate surface area is 169 Å². The predicted octanol–water partition coefficient (Wildman–Crippen LogP) is 3.08. The summed E-state index contributed by atoms with van der Waals surface area (Å²) >= 11 is 3.16. The Balaban J connectivity index is 1.96. The number of hydrogen-bond donors (Lipinski definition) is 1. The quantitative estimate of drug-likeness (QED) is 0.589. The van der Waals surface area contributed by atoms with E-state index in [4.69, 9.17) is 9.84 Å². The van der Waals surface area contributed by atoms with Gasteiger partial charge in [-0.25, -0.2) is 8.78 Å². The molecule has 0 bridgehead atoms. The SMILES string of the molecule is O=C(COCC1CC1)c1cn(CCO)c(=O)c(F)c1Cc1ccc(Br)cc1F. The van der Waals surface area contributed by atoms with Gasteiger partial charge in [0.25, 0.3) is 5.56 Å². The van der Waals surface area contributed by atoms with Crippen molar-refractivity contribution >= 4 is 21.7 Å². The number of hydrogen-bond acceptors (Lipinski definition) is 4. The van der Waals surface area contributed by atoms with E-state index in [1.807, 2.05) is 0 Å². The van der Waals surface area contributed by atoms with E-state index in [1.165, 1.54) is 18.3 Å². The summed E-state index contributed by atoms with van der Waals surface area (Å²) in [5, 5.41) is 9.10. The van der Waals surface area contributed by atoms with Crippen LogP contribution in [0.1, 0.15) is 34.3 Å². The van der Waals surface area contributed by atoms with Crippen LogP contribution in [0.4, 0.5) is 8.78 Å². The second-order valence-electron chi connectivity index (χ2n) is 6.85. The number of carbonyl (C=O) groups excluding carboxylic acids is 1. The maximum atomic E-state index is 14.8. The molecule has 0 spiro atoms. The van der Waals surface area contributed by atoms with Gasteiger partial charge in [-0.05, 0) is 36.5 Å². The lowest BCUT2D eigenvalue weighted by Crippen LogP contribution is -2.29. The Morgan fingerprint density at radius 2 is 2.07 bits per heavy atom. The summed E-state index contributed by atoms with van der Waals surface area (Å²) in [5.41, 5.74) is -1.00. The minimum atomic E-state index is -1.12. The van der Waals surface area contributed by atoms with Crippen molar-refractivity contribution in [2.75, 3.05) is 19.8 Å². The second kappa shape index (κ2) is 9.07. The van der Waals surface area contributed by atoms with Gasteiger partial charge >= 0.3 is 0 Å². The summed E-state index contributed by atoms with van der Waals surface area (Å²) in [6.07, 6.45) is 3.11. The lowest BCUT2D eigenvalue weighted by atomic mass is 9.98. The molecule has 0 saturated heterocycles. The van der Waals surface area contributed by atoms with E-state index >= 15 is 0 Å². The molecule has 0 aliphatic heterocycles. The second-order valence-corrected chi connectivity index (χ2v) is 7.77. The summed E-state index contributed by atoms with van der Waals surface area (Å²) in [4.78, 5) is 24.9. The molecule has 1 fully saturated rings. The number of Topliss-reactive ketones (excluding diaryl/α,β-unsaturated/α-hetero) is 1. The van der Waals surface area contributed by atoms with Crippen LogP contribution >= 0.6 is 15.9 Å². The monoisotopic (exact) mass is 455 g/mol. The first-order valence-corrected chi connectivity index (χ1v) is 9.77. The van der Waals surface area contributed by atoms with Crippen LogP contribution in [-0.2, 0) is 17.7 Å². The summed E-state index contributed by atoms with van der Waals surface area (Å²) in [6, 6.07) is 4.31. The fourth-order valence-corrected chi connectivity index (χ4v) is 3.22. The average molecular weight is 456 g/mol. The smallest absolute Gasteiger partial charge is 0.286 e. The van der Waals surface area contributed by atoms with Gasteiger partial charge in [0.15, 0.2) is 11.6 Å². The fraction of sp³-hybridized carbons (Fsp3) is 0.400.